The van der Waals surface area contributed by atoms with E-state index in [0.29, 0.717) is 0 Å². The van der Waals surface area contributed by atoms with Gasteiger partial charge in [-0.3, -0.25) is 0 Å². The van der Waals surface area contributed by atoms with Crippen molar-refractivity contribution >= 4 is 43.1 Å². The van der Waals surface area contributed by atoms with Crippen LogP contribution in [0.1, 0.15) is 0 Å². The molecule has 9 rings (SSSR count). The lowest BCUT2D eigenvalue weighted by Gasteiger charge is -2.24. The number of rotatable bonds is 2. The fourth-order valence-corrected chi connectivity index (χ4v) is 6.78. The maximum atomic E-state index is 6.65. The van der Waals surface area contributed by atoms with Gasteiger partial charge in [0, 0.05) is 10.9 Å². The molecule has 0 fully saturated rings. The Bertz CT molecular complexity index is 2330. The Morgan fingerprint density at radius 1 is 0.341 bits per heavy atom. The minimum atomic E-state index is 0.903. The van der Waals surface area contributed by atoms with Crippen LogP contribution in [0.3, 0.4) is 0 Å². The predicted octanol–water partition coefficient (Wildman–Crippen LogP) is 11.4. The van der Waals surface area contributed by atoms with Crippen molar-refractivity contribution in [3.63, 3.8) is 0 Å². The quantitative estimate of drug-likeness (QED) is 0.163. The Labute approximate surface area is 237 Å². The second-order valence-corrected chi connectivity index (χ2v) is 10.9. The van der Waals surface area contributed by atoms with E-state index in [9.17, 15) is 0 Å². The summed E-state index contributed by atoms with van der Waals surface area (Å²) >= 11 is 0. The highest BCUT2D eigenvalue weighted by atomic mass is 16.5. The summed E-state index contributed by atoms with van der Waals surface area (Å²) in [6, 6.07) is 52.5. The monoisotopic (exact) mass is 520 g/mol. The molecule has 1 aliphatic rings. The first-order valence-electron chi connectivity index (χ1n) is 14.1. The van der Waals surface area contributed by atoms with Gasteiger partial charge in [-0.15, -0.1) is 0 Å². The Kier molecular flexibility index (Phi) is 4.67. The van der Waals surface area contributed by atoms with E-state index in [4.69, 9.17) is 4.74 Å². The molecule has 0 N–H and O–H groups in total. The normalized spacial score (nSPS) is 12.1. The molecule has 0 unspecified atom stereocenters. The average molecular weight is 521 g/mol. The van der Waals surface area contributed by atoms with Gasteiger partial charge in [0.05, 0.1) is 0 Å². The van der Waals surface area contributed by atoms with Crippen molar-refractivity contribution in [1.82, 2.24) is 0 Å². The maximum absolute atomic E-state index is 6.65. The molecule has 0 bridgehead atoms. The highest BCUT2D eigenvalue weighted by Gasteiger charge is 2.23. The third-order valence-corrected chi connectivity index (χ3v) is 8.62. The average Bonchev–Trinajstić information content (AvgIpc) is 3.04. The SMILES string of the molecule is c1ccc(-c2ccc3c(c2)Oc2ccc(-c4c5ccccc5cc5ccc6ccccc6c45)c4cccc-3c24)cc1. The van der Waals surface area contributed by atoms with Crippen LogP contribution in [0.5, 0.6) is 11.5 Å². The molecule has 1 heterocycles. The summed E-state index contributed by atoms with van der Waals surface area (Å²) in [4.78, 5) is 0. The van der Waals surface area contributed by atoms with Crippen LogP contribution in [-0.4, -0.2) is 0 Å². The van der Waals surface area contributed by atoms with Crippen LogP contribution in [0, 0.1) is 0 Å². The summed E-state index contributed by atoms with van der Waals surface area (Å²) in [6.07, 6.45) is 0. The van der Waals surface area contributed by atoms with Gasteiger partial charge in [-0.05, 0) is 95.9 Å². The zero-order valence-corrected chi connectivity index (χ0v) is 22.3. The molecule has 41 heavy (non-hydrogen) atoms. The largest absolute Gasteiger partial charge is 0.456 e. The molecular formula is C40H24O. The second kappa shape index (κ2) is 8.55. The smallest absolute Gasteiger partial charge is 0.135 e. The zero-order valence-electron chi connectivity index (χ0n) is 22.3. The minimum absolute atomic E-state index is 0.903. The molecule has 0 saturated heterocycles. The van der Waals surface area contributed by atoms with Crippen molar-refractivity contribution in [3.05, 3.63) is 146 Å². The number of hydrogen-bond donors (Lipinski definition) is 0. The molecule has 0 atom stereocenters. The van der Waals surface area contributed by atoms with Gasteiger partial charge in [0.25, 0.3) is 0 Å². The number of ether oxygens (including phenoxy) is 1. The number of benzene rings is 8. The number of fused-ring (bicyclic) bond motifs is 6. The van der Waals surface area contributed by atoms with Gasteiger partial charge >= 0.3 is 0 Å². The molecule has 0 aromatic heterocycles. The molecule has 0 spiro atoms. The van der Waals surface area contributed by atoms with Crippen molar-refractivity contribution in [2.24, 2.45) is 0 Å². The Morgan fingerprint density at radius 2 is 1.07 bits per heavy atom. The van der Waals surface area contributed by atoms with Crippen molar-refractivity contribution in [1.29, 1.82) is 0 Å². The molecule has 1 nitrogen and oxygen atoms in total. The van der Waals surface area contributed by atoms with E-state index in [1.165, 1.54) is 65.3 Å². The first kappa shape index (κ1) is 22.4. The summed E-state index contributed by atoms with van der Waals surface area (Å²) in [6.45, 7) is 0. The maximum Gasteiger partial charge on any atom is 0.135 e. The van der Waals surface area contributed by atoms with E-state index in [0.717, 1.165) is 22.6 Å². The Balaban J connectivity index is 1.35. The second-order valence-electron chi connectivity index (χ2n) is 10.9. The summed E-state index contributed by atoms with van der Waals surface area (Å²) in [7, 11) is 0. The molecule has 1 heteroatoms. The lowest BCUT2D eigenvalue weighted by atomic mass is 9.85. The molecule has 8 aromatic rings. The first-order valence-corrected chi connectivity index (χ1v) is 14.1. The van der Waals surface area contributed by atoms with Gasteiger partial charge in [0.1, 0.15) is 11.5 Å². The molecule has 0 radical (unpaired) electrons. The van der Waals surface area contributed by atoms with Crippen LogP contribution in [-0.2, 0) is 0 Å². The van der Waals surface area contributed by atoms with Crippen LogP contribution in [0.2, 0.25) is 0 Å². The molecule has 0 aliphatic carbocycles. The van der Waals surface area contributed by atoms with Crippen LogP contribution in [0.15, 0.2) is 146 Å². The van der Waals surface area contributed by atoms with Crippen molar-refractivity contribution in [2.75, 3.05) is 0 Å². The van der Waals surface area contributed by atoms with Crippen molar-refractivity contribution < 1.29 is 4.74 Å². The third-order valence-electron chi connectivity index (χ3n) is 8.62. The van der Waals surface area contributed by atoms with Gasteiger partial charge in [-0.25, -0.2) is 0 Å². The van der Waals surface area contributed by atoms with E-state index in [1.54, 1.807) is 0 Å². The minimum Gasteiger partial charge on any atom is -0.456 e. The summed E-state index contributed by atoms with van der Waals surface area (Å²) < 4.78 is 6.65. The van der Waals surface area contributed by atoms with Gasteiger partial charge in [0.15, 0.2) is 0 Å². The van der Waals surface area contributed by atoms with Gasteiger partial charge < -0.3 is 4.74 Å². The summed E-state index contributed by atoms with van der Waals surface area (Å²) in [5, 5.41) is 9.99. The molecule has 190 valence electrons. The lowest BCUT2D eigenvalue weighted by molar-refractivity contribution is 0.487. The van der Waals surface area contributed by atoms with E-state index >= 15 is 0 Å². The van der Waals surface area contributed by atoms with Gasteiger partial charge in [-0.2, -0.15) is 0 Å². The molecule has 0 saturated carbocycles. The molecule has 0 amide bonds. The topological polar surface area (TPSA) is 9.23 Å². The van der Waals surface area contributed by atoms with Gasteiger partial charge in [-0.1, -0.05) is 115 Å². The van der Waals surface area contributed by atoms with E-state index < -0.39 is 0 Å². The van der Waals surface area contributed by atoms with E-state index in [1.807, 2.05) is 0 Å². The Hall–Kier alpha value is -5.40. The first-order chi connectivity index (χ1) is 20.3. The van der Waals surface area contributed by atoms with E-state index in [-0.39, 0.29) is 0 Å². The summed E-state index contributed by atoms with van der Waals surface area (Å²) in [5.74, 6) is 1.81. The predicted molar refractivity (Wildman–Crippen MR) is 173 cm³/mol. The zero-order chi connectivity index (χ0) is 26.9. The lowest BCUT2D eigenvalue weighted by Crippen LogP contribution is -1.98. The summed E-state index contributed by atoms with van der Waals surface area (Å²) in [5.41, 5.74) is 7.21. The highest BCUT2D eigenvalue weighted by Crippen LogP contribution is 2.51. The molecule has 8 aromatic carbocycles. The third kappa shape index (κ3) is 3.30. The molecular weight excluding hydrogens is 496 g/mol. The van der Waals surface area contributed by atoms with Crippen LogP contribution in [0.25, 0.3) is 76.5 Å². The number of hydrogen-bond acceptors (Lipinski definition) is 1. The fraction of sp³-hybridized carbons (Fsp3) is 0. The van der Waals surface area contributed by atoms with Crippen molar-refractivity contribution in [3.8, 4) is 44.9 Å². The highest BCUT2D eigenvalue weighted by molar-refractivity contribution is 6.25. The molecule has 1 aliphatic heterocycles. The van der Waals surface area contributed by atoms with Gasteiger partial charge in [0.2, 0.25) is 0 Å². The fourth-order valence-electron chi connectivity index (χ4n) is 6.78. The van der Waals surface area contributed by atoms with Crippen LogP contribution >= 0.6 is 0 Å². The van der Waals surface area contributed by atoms with E-state index in [2.05, 4.69) is 146 Å². The van der Waals surface area contributed by atoms with Crippen molar-refractivity contribution in [2.45, 2.75) is 0 Å². The van der Waals surface area contributed by atoms with Crippen LogP contribution < -0.4 is 4.74 Å². The van der Waals surface area contributed by atoms with Crippen LogP contribution in [0.4, 0.5) is 0 Å². The Morgan fingerprint density at radius 3 is 1.98 bits per heavy atom. The standard InChI is InChI=1S/C40H24O/c1-2-9-25(10-3-1)27-19-20-32-33-15-8-16-34-35(21-22-36(39(33)34)41-37(32)24-27)40-31-14-7-5-12-28(31)23-29-18-17-26-11-4-6-13-30(26)38(29)40/h1-24H.